The van der Waals surface area contributed by atoms with Gasteiger partial charge in [-0.05, 0) is 85.6 Å². The first kappa shape index (κ1) is 36.7. The molecule has 0 saturated carbocycles. The van der Waals surface area contributed by atoms with E-state index < -0.39 is 0 Å². The van der Waals surface area contributed by atoms with E-state index in [9.17, 15) is 0 Å². The number of benzene rings is 2. The van der Waals surface area contributed by atoms with Crippen LogP contribution < -0.4 is 49.2 Å². The van der Waals surface area contributed by atoms with Crippen LogP contribution in [0.1, 0.15) is 11.1 Å². The number of nitrogens with zero attached hydrogens (tertiary/aromatic N) is 6. The van der Waals surface area contributed by atoms with E-state index in [1.54, 1.807) is 19.5 Å². The van der Waals surface area contributed by atoms with Crippen molar-refractivity contribution in [1.82, 2.24) is 19.9 Å². The summed E-state index contributed by atoms with van der Waals surface area (Å²) in [6.07, 6.45) is 3.55. The minimum atomic E-state index is 0. The summed E-state index contributed by atoms with van der Waals surface area (Å²) >= 11 is 6.27. The fraction of sp³-hybridized carbons (Fsp3) is 0.222. The van der Waals surface area contributed by atoms with Crippen molar-refractivity contribution >= 4 is 44.8 Å². The molecule has 10 heteroatoms. The molecule has 0 radical (unpaired) electrons. The van der Waals surface area contributed by atoms with Crippen LogP contribution in [0, 0.1) is 13.8 Å². The number of hydrogen-bond acceptors (Lipinski definition) is 8. The topological polar surface area (TPSA) is 90.3 Å². The van der Waals surface area contributed by atoms with Gasteiger partial charge in [0.15, 0.2) is 0 Å². The Hall–Kier alpha value is -3.79. The van der Waals surface area contributed by atoms with Crippen LogP contribution >= 0.6 is 11.6 Å². The normalized spacial score (nSPS) is 10.2. The third-order valence-electron chi connectivity index (χ3n) is 7.26. The average molecular weight is 645 g/mol. The molecule has 0 atom stereocenters. The van der Waals surface area contributed by atoms with Gasteiger partial charge in [0.05, 0.1) is 34.9 Å². The number of fused-ring (bicyclic) bond motifs is 2. The number of aromatic nitrogens is 4. The Labute approximate surface area is 298 Å². The molecule has 4 heterocycles. The van der Waals surface area contributed by atoms with Crippen LogP contribution in [0.3, 0.4) is 0 Å². The first-order chi connectivity index (χ1) is 21.7. The number of ether oxygens (including phenoxy) is 1. The number of hydrogen-bond donors (Lipinski definition) is 0. The van der Waals surface area contributed by atoms with Gasteiger partial charge in [0.25, 0.3) is 0 Å². The summed E-state index contributed by atoms with van der Waals surface area (Å²) in [7, 11) is 10.6. The van der Waals surface area contributed by atoms with Crippen molar-refractivity contribution in [3.05, 3.63) is 101 Å². The maximum atomic E-state index is 8.25. The van der Waals surface area contributed by atoms with Gasteiger partial charge in [-0.1, -0.05) is 23.7 Å². The number of rotatable bonds is 5. The molecule has 46 heavy (non-hydrogen) atoms. The molecule has 0 N–H and O–H groups in total. The van der Waals surface area contributed by atoms with E-state index in [1.807, 2.05) is 64.6 Å². The van der Waals surface area contributed by atoms with Gasteiger partial charge in [0.1, 0.15) is 5.15 Å². The molecule has 0 fully saturated rings. The number of anilines is 2. The molecule has 0 aliphatic heterocycles. The van der Waals surface area contributed by atoms with Crippen molar-refractivity contribution in [2.45, 2.75) is 13.8 Å². The second-order valence-electron chi connectivity index (χ2n) is 10.7. The Morgan fingerprint density at radius 1 is 0.652 bits per heavy atom. The van der Waals surface area contributed by atoms with Crippen LogP contribution in [-0.2, 0) is 0 Å². The molecule has 4 aromatic heterocycles. The standard InChI is InChI=1S/C18H19N3O.C17H16ClN3.CH3O.Na/c1-12-10-13(7-8-17(12)21(2)3)15-11-16-14(6-5-9-19-16)18(20-15)22-4;1-11-9-12(6-7-16(11)21(2)3)14-10-15-13(17(18)20-14)5-4-8-19-15;1-2;/h5-11H,1-4H3;4-10H,1-3H3;1H3;/q;;-1;+1. The molecular formula is C36H38ClN6NaO2. The molecule has 0 saturated heterocycles. The van der Waals surface area contributed by atoms with E-state index in [0.717, 1.165) is 51.4 Å². The molecule has 0 unspecified atom stereocenters. The predicted octanol–water partition coefficient (Wildman–Crippen LogP) is 3.98. The van der Waals surface area contributed by atoms with Crippen LogP contribution in [0.4, 0.5) is 11.4 Å². The molecule has 0 aliphatic rings. The van der Waals surface area contributed by atoms with Crippen LogP contribution in [0.2, 0.25) is 5.15 Å². The Kier molecular flexibility index (Phi) is 13.3. The number of pyridine rings is 4. The fourth-order valence-electron chi connectivity index (χ4n) is 5.16. The summed E-state index contributed by atoms with van der Waals surface area (Å²) in [6.45, 7) is 4.20. The fourth-order valence-corrected chi connectivity index (χ4v) is 5.41. The molecule has 8 nitrogen and oxygen atoms in total. The van der Waals surface area contributed by atoms with Crippen molar-refractivity contribution in [3.63, 3.8) is 0 Å². The van der Waals surface area contributed by atoms with Gasteiger partial charge in [-0.2, -0.15) is 7.11 Å². The molecule has 232 valence electrons. The van der Waals surface area contributed by atoms with Gasteiger partial charge in [0.2, 0.25) is 5.88 Å². The van der Waals surface area contributed by atoms with Gasteiger partial charge in [-0.25, -0.2) is 9.97 Å². The zero-order chi connectivity index (χ0) is 32.7. The van der Waals surface area contributed by atoms with Crippen molar-refractivity contribution in [2.24, 2.45) is 0 Å². The summed E-state index contributed by atoms with van der Waals surface area (Å²) < 4.78 is 5.42. The summed E-state index contributed by atoms with van der Waals surface area (Å²) in [5.74, 6) is 0.606. The number of methoxy groups -OCH3 is 1. The Balaban J connectivity index is 0.000000233. The summed E-state index contributed by atoms with van der Waals surface area (Å²) in [5, 5.41) is 10.5. The maximum Gasteiger partial charge on any atom is 1.00 e. The Morgan fingerprint density at radius 2 is 1.11 bits per heavy atom. The molecule has 6 rings (SSSR count). The van der Waals surface area contributed by atoms with Gasteiger partial charge in [-0.15, -0.1) is 0 Å². The van der Waals surface area contributed by atoms with Gasteiger partial charge in [-0.3, -0.25) is 9.97 Å². The molecule has 0 bridgehead atoms. The van der Waals surface area contributed by atoms with E-state index in [2.05, 4.69) is 80.0 Å². The van der Waals surface area contributed by atoms with Crippen LogP contribution in [0.25, 0.3) is 44.3 Å². The van der Waals surface area contributed by atoms with Crippen LogP contribution in [0.5, 0.6) is 5.88 Å². The van der Waals surface area contributed by atoms with Crippen LogP contribution in [-0.4, -0.2) is 62.3 Å². The number of aryl methyl sites for hydroxylation is 2. The Morgan fingerprint density at radius 3 is 1.57 bits per heavy atom. The SMILES string of the molecule is COc1nc(-c2ccc(N(C)C)c(C)c2)cc2ncccc12.C[O-].Cc1cc(-c2cc3ncccc3c(Cl)n2)ccc1N(C)C.[Na+]. The van der Waals surface area contributed by atoms with Crippen molar-refractivity contribution in [2.75, 3.05) is 52.2 Å². The van der Waals surface area contributed by atoms with Gasteiger partial charge in [0, 0.05) is 68.5 Å². The van der Waals surface area contributed by atoms with Gasteiger partial charge < -0.3 is 19.6 Å². The second-order valence-corrected chi connectivity index (χ2v) is 11.1. The van der Waals surface area contributed by atoms with E-state index in [1.165, 1.54) is 22.5 Å². The predicted molar refractivity (Wildman–Crippen MR) is 186 cm³/mol. The van der Waals surface area contributed by atoms with Crippen molar-refractivity contribution in [1.29, 1.82) is 0 Å². The smallest absolute Gasteiger partial charge is 0.857 e. The molecule has 0 amide bonds. The zero-order valence-corrected chi connectivity index (χ0v) is 30.7. The summed E-state index contributed by atoms with van der Waals surface area (Å²) in [4.78, 5) is 22.1. The maximum absolute atomic E-state index is 8.25. The minimum absolute atomic E-state index is 0. The third-order valence-corrected chi connectivity index (χ3v) is 7.55. The van der Waals surface area contributed by atoms with E-state index in [4.69, 9.17) is 21.4 Å². The average Bonchev–Trinajstić information content (AvgIpc) is 3.05. The summed E-state index contributed by atoms with van der Waals surface area (Å²) in [5.41, 5.74) is 10.4. The molecule has 0 spiro atoms. The minimum Gasteiger partial charge on any atom is -0.857 e. The quantitative estimate of drug-likeness (QED) is 0.206. The number of halogens is 1. The first-order valence-corrected chi connectivity index (χ1v) is 14.7. The largest absolute Gasteiger partial charge is 1.00 e. The van der Waals surface area contributed by atoms with Crippen molar-refractivity contribution < 1.29 is 39.4 Å². The van der Waals surface area contributed by atoms with E-state index in [-0.39, 0.29) is 29.6 Å². The Bertz CT molecular complexity index is 1930. The van der Waals surface area contributed by atoms with E-state index in [0.29, 0.717) is 11.0 Å². The zero-order valence-electron chi connectivity index (χ0n) is 28.0. The molecule has 2 aromatic carbocycles. The van der Waals surface area contributed by atoms with Gasteiger partial charge >= 0.3 is 29.6 Å². The molecular weight excluding hydrogens is 607 g/mol. The molecule has 6 aromatic rings. The molecule has 0 aliphatic carbocycles. The first-order valence-electron chi connectivity index (χ1n) is 14.3. The second kappa shape index (κ2) is 16.7. The summed E-state index contributed by atoms with van der Waals surface area (Å²) in [6, 6.07) is 24.3. The van der Waals surface area contributed by atoms with E-state index >= 15 is 0 Å². The van der Waals surface area contributed by atoms with Crippen LogP contribution in [0.15, 0.2) is 85.2 Å². The van der Waals surface area contributed by atoms with Crippen molar-refractivity contribution in [3.8, 4) is 28.4 Å². The third kappa shape index (κ3) is 8.32. The monoisotopic (exact) mass is 644 g/mol.